The smallest absolute Gasteiger partial charge is 0.0921 e. The van der Waals surface area contributed by atoms with Crippen molar-refractivity contribution in [3.63, 3.8) is 0 Å². The van der Waals surface area contributed by atoms with Crippen LogP contribution in [-0.2, 0) is 0 Å². The Morgan fingerprint density at radius 3 is 2.55 bits per heavy atom. The van der Waals surface area contributed by atoms with Crippen LogP contribution in [-0.4, -0.2) is 9.97 Å². The summed E-state index contributed by atoms with van der Waals surface area (Å²) in [5.74, 6) is 0.618. The van der Waals surface area contributed by atoms with Crippen LogP contribution in [0.5, 0.6) is 0 Å². The van der Waals surface area contributed by atoms with E-state index in [1.54, 1.807) is 6.33 Å². The Morgan fingerprint density at radius 1 is 1.55 bits per heavy atom. The molecule has 0 aliphatic heterocycles. The van der Waals surface area contributed by atoms with Gasteiger partial charge in [-0.3, -0.25) is 0 Å². The van der Waals surface area contributed by atoms with Crippen molar-refractivity contribution in [2.75, 3.05) is 0 Å². The first-order valence-electron chi connectivity index (χ1n) is 4.33. The highest BCUT2D eigenvalue weighted by molar-refractivity contribution is 5.00. The summed E-state index contributed by atoms with van der Waals surface area (Å²) in [5.41, 5.74) is 1.23. The number of imidazole rings is 1. The quantitative estimate of drug-likeness (QED) is 0.697. The van der Waals surface area contributed by atoms with Gasteiger partial charge in [-0.2, -0.15) is 0 Å². The predicted molar refractivity (Wildman–Crippen MR) is 48.6 cm³/mol. The van der Waals surface area contributed by atoms with Gasteiger partial charge >= 0.3 is 0 Å². The van der Waals surface area contributed by atoms with Crippen molar-refractivity contribution < 1.29 is 0 Å². The third kappa shape index (κ3) is 3.21. The largest absolute Gasteiger partial charge is 0.348 e. The molecule has 0 saturated heterocycles. The molecule has 1 atom stereocenters. The molecule has 1 rings (SSSR count). The lowest BCUT2D eigenvalue weighted by atomic mass is 10.1. The molecule has 1 N–H and O–H groups in total. The molecule has 0 amide bonds. The highest BCUT2D eigenvalue weighted by Crippen LogP contribution is 2.13. The molecule has 0 aliphatic carbocycles. The van der Waals surface area contributed by atoms with E-state index in [4.69, 9.17) is 0 Å². The standard InChI is InChI=1S/C7H12N2.C2H6/c1-3-6(2)7-4-8-5-9-7;1-2/h4-6H,3H2,1-2H3,(H,8,9);1-2H3. The molecule has 0 aromatic carbocycles. The third-order valence-electron chi connectivity index (χ3n) is 1.66. The van der Waals surface area contributed by atoms with Crippen LogP contribution in [0.15, 0.2) is 12.5 Å². The molecule has 0 radical (unpaired) electrons. The number of rotatable bonds is 2. The summed E-state index contributed by atoms with van der Waals surface area (Å²) in [6.07, 6.45) is 4.78. The van der Waals surface area contributed by atoms with Gasteiger partial charge in [-0.1, -0.05) is 27.7 Å². The number of aromatic nitrogens is 2. The maximum absolute atomic E-state index is 3.94. The van der Waals surface area contributed by atoms with Crippen molar-refractivity contribution in [3.8, 4) is 0 Å². The molecule has 1 unspecified atom stereocenters. The number of H-pyrrole nitrogens is 1. The first kappa shape index (κ1) is 10.2. The Morgan fingerprint density at radius 2 is 2.18 bits per heavy atom. The van der Waals surface area contributed by atoms with Gasteiger partial charge in [-0.05, 0) is 12.3 Å². The van der Waals surface area contributed by atoms with Gasteiger partial charge in [-0.25, -0.2) is 4.98 Å². The van der Waals surface area contributed by atoms with Crippen LogP contribution in [0.1, 0.15) is 45.7 Å². The number of hydrogen-bond acceptors (Lipinski definition) is 1. The van der Waals surface area contributed by atoms with Crippen LogP contribution in [0.3, 0.4) is 0 Å². The van der Waals surface area contributed by atoms with Crippen LogP contribution in [0.25, 0.3) is 0 Å². The molecule has 0 bridgehead atoms. The molecule has 0 aliphatic rings. The van der Waals surface area contributed by atoms with E-state index in [1.807, 2.05) is 20.0 Å². The van der Waals surface area contributed by atoms with Gasteiger partial charge in [-0.15, -0.1) is 0 Å². The average Bonchev–Trinajstić information content (AvgIpc) is 2.59. The topological polar surface area (TPSA) is 28.7 Å². The van der Waals surface area contributed by atoms with Gasteiger partial charge in [0.25, 0.3) is 0 Å². The molecule has 2 heteroatoms. The first-order chi connectivity index (χ1) is 5.34. The van der Waals surface area contributed by atoms with Crippen LogP contribution >= 0.6 is 0 Å². The Bertz CT molecular complexity index is 156. The maximum Gasteiger partial charge on any atom is 0.0921 e. The Kier molecular flexibility index (Phi) is 5.53. The highest BCUT2D eigenvalue weighted by atomic mass is 14.9. The monoisotopic (exact) mass is 154 g/mol. The van der Waals surface area contributed by atoms with E-state index >= 15 is 0 Å². The molecule has 1 aromatic heterocycles. The Hall–Kier alpha value is -0.790. The minimum absolute atomic E-state index is 0.618. The molecule has 0 fully saturated rings. The lowest BCUT2D eigenvalue weighted by Gasteiger charge is -2.02. The molecule has 1 aromatic rings. The van der Waals surface area contributed by atoms with E-state index in [-0.39, 0.29) is 0 Å². The lowest BCUT2D eigenvalue weighted by Crippen LogP contribution is -1.89. The molecule has 2 nitrogen and oxygen atoms in total. The van der Waals surface area contributed by atoms with Crippen molar-refractivity contribution in [2.45, 2.75) is 40.0 Å². The second-order valence-electron chi connectivity index (χ2n) is 2.32. The van der Waals surface area contributed by atoms with Gasteiger partial charge in [0.05, 0.1) is 6.33 Å². The van der Waals surface area contributed by atoms with Crippen LogP contribution in [0.4, 0.5) is 0 Å². The van der Waals surface area contributed by atoms with E-state index in [2.05, 4.69) is 23.8 Å². The fraction of sp³-hybridized carbons (Fsp3) is 0.667. The zero-order valence-corrected chi connectivity index (χ0v) is 7.89. The molecule has 0 spiro atoms. The number of aromatic amines is 1. The molecular weight excluding hydrogens is 136 g/mol. The van der Waals surface area contributed by atoms with Crippen LogP contribution in [0.2, 0.25) is 0 Å². The van der Waals surface area contributed by atoms with Crippen molar-refractivity contribution in [1.29, 1.82) is 0 Å². The van der Waals surface area contributed by atoms with Crippen LogP contribution < -0.4 is 0 Å². The van der Waals surface area contributed by atoms with Gasteiger partial charge in [0, 0.05) is 11.9 Å². The summed E-state index contributed by atoms with van der Waals surface area (Å²) >= 11 is 0. The normalized spacial score (nSPS) is 11.6. The number of nitrogens with zero attached hydrogens (tertiary/aromatic N) is 1. The van der Waals surface area contributed by atoms with E-state index in [0.29, 0.717) is 5.92 Å². The van der Waals surface area contributed by atoms with E-state index < -0.39 is 0 Å². The van der Waals surface area contributed by atoms with Crippen LogP contribution in [0, 0.1) is 0 Å². The Balaban J connectivity index is 0.000000461. The SMILES string of the molecule is CC.CCC(C)c1cnc[nH]1. The predicted octanol–water partition coefficient (Wildman–Crippen LogP) is 2.95. The van der Waals surface area contributed by atoms with Gasteiger partial charge < -0.3 is 4.98 Å². The zero-order valence-electron chi connectivity index (χ0n) is 7.89. The molecule has 1 heterocycles. The highest BCUT2D eigenvalue weighted by Gasteiger charge is 2.01. The molecule has 0 saturated carbocycles. The van der Waals surface area contributed by atoms with E-state index in [1.165, 1.54) is 12.1 Å². The lowest BCUT2D eigenvalue weighted by molar-refractivity contribution is 0.713. The maximum atomic E-state index is 3.94. The van der Waals surface area contributed by atoms with Crippen molar-refractivity contribution in [1.82, 2.24) is 9.97 Å². The summed E-state index contributed by atoms with van der Waals surface area (Å²) < 4.78 is 0. The summed E-state index contributed by atoms with van der Waals surface area (Å²) in [4.78, 5) is 7.01. The number of hydrogen-bond donors (Lipinski definition) is 1. The fourth-order valence-electron chi connectivity index (χ4n) is 0.756. The minimum atomic E-state index is 0.618. The van der Waals surface area contributed by atoms with E-state index in [9.17, 15) is 0 Å². The summed E-state index contributed by atoms with van der Waals surface area (Å²) in [5, 5.41) is 0. The fourth-order valence-corrected chi connectivity index (χ4v) is 0.756. The van der Waals surface area contributed by atoms with Gasteiger partial charge in [0.1, 0.15) is 0 Å². The number of nitrogens with one attached hydrogen (secondary N) is 1. The second-order valence-corrected chi connectivity index (χ2v) is 2.32. The second kappa shape index (κ2) is 5.96. The minimum Gasteiger partial charge on any atom is -0.348 e. The van der Waals surface area contributed by atoms with E-state index in [0.717, 1.165) is 0 Å². The average molecular weight is 154 g/mol. The molecule has 64 valence electrons. The van der Waals surface area contributed by atoms with Crippen molar-refractivity contribution in [3.05, 3.63) is 18.2 Å². The van der Waals surface area contributed by atoms with Gasteiger partial charge in [0.2, 0.25) is 0 Å². The van der Waals surface area contributed by atoms with Crippen molar-refractivity contribution in [2.24, 2.45) is 0 Å². The third-order valence-corrected chi connectivity index (χ3v) is 1.66. The first-order valence-corrected chi connectivity index (χ1v) is 4.33. The van der Waals surface area contributed by atoms with Crippen molar-refractivity contribution >= 4 is 0 Å². The summed E-state index contributed by atoms with van der Waals surface area (Å²) in [7, 11) is 0. The Labute approximate surface area is 69.1 Å². The molecular formula is C9H18N2. The van der Waals surface area contributed by atoms with Gasteiger partial charge in [0.15, 0.2) is 0 Å². The summed E-state index contributed by atoms with van der Waals surface area (Å²) in [6, 6.07) is 0. The summed E-state index contributed by atoms with van der Waals surface area (Å²) in [6.45, 7) is 8.36. The molecule has 11 heavy (non-hydrogen) atoms. The zero-order chi connectivity index (χ0) is 8.69.